The van der Waals surface area contributed by atoms with Gasteiger partial charge in [-0.2, -0.15) is 0 Å². The number of rotatable bonds is 6. The van der Waals surface area contributed by atoms with Crippen molar-refractivity contribution in [3.63, 3.8) is 0 Å². The van der Waals surface area contributed by atoms with Crippen LogP contribution in [0.1, 0.15) is 23.3 Å². The lowest BCUT2D eigenvalue weighted by atomic mass is 10.1. The third-order valence-corrected chi connectivity index (χ3v) is 3.21. The Bertz CT molecular complexity index is 533. The van der Waals surface area contributed by atoms with Gasteiger partial charge in [0.1, 0.15) is 5.82 Å². The Labute approximate surface area is 117 Å². The summed E-state index contributed by atoms with van der Waals surface area (Å²) in [5, 5.41) is 22.5. The Balaban J connectivity index is 1.99. The third kappa shape index (κ3) is 3.63. The van der Waals surface area contributed by atoms with Gasteiger partial charge in [0.2, 0.25) is 0 Å². The van der Waals surface area contributed by atoms with Gasteiger partial charge in [-0.15, -0.1) is 0 Å². The summed E-state index contributed by atoms with van der Waals surface area (Å²) in [7, 11) is 0. The lowest BCUT2D eigenvalue weighted by Crippen LogP contribution is -2.29. The van der Waals surface area contributed by atoms with Gasteiger partial charge < -0.3 is 15.5 Å². The highest BCUT2D eigenvalue weighted by atomic mass is 19.1. The van der Waals surface area contributed by atoms with Crippen molar-refractivity contribution in [1.82, 2.24) is 5.32 Å². The lowest BCUT2D eigenvalue weighted by molar-refractivity contribution is 0.155. The molecule has 2 aromatic carbocycles. The van der Waals surface area contributed by atoms with E-state index in [9.17, 15) is 14.6 Å². The third-order valence-electron chi connectivity index (χ3n) is 3.21. The number of hydrogen-bond acceptors (Lipinski definition) is 3. The second kappa shape index (κ2) is 7.14. The molecular weight excluding hydrogens is 257 g/mol. The topological polar surface area (TPSA) is 52.5 Å². The minimum Gasteiger partial charge on any atom is -0.394 e. The molecular formula is C16H18FNO2. The Morgan fingerprint density at radius 3 is 2.30 bits per heavy atom. The maximum atomic E-state index is 13.5. The molecule has 0 amide bonds. The number of aliphatic hydroxyl groups is 2. The van der Waals surface area contributed by atoms with Gasteiger partial charge in [-0.3, -0.25) is 0 Å². The molecule has 0 heterocycles. The molecule has 3 N–H and O–H groups in total. The molecule has 2 unspecified atom stereocenters. The van der Waals surface area contributed by atoms with Crippen LogP contribution in [0.2, 0.25) is 0 Å². The summed E-state index contributed by atoms with van der Waals surface area (Å²) >= 11 is 0. The molecule has 20 heavy (non-hydrogen) atoms. The van der Waals surface area contributed by atoms with Crippen LogP contribution in [0.3, 0.4) is 0 Å². The van der Waals surface area contributed by atoms with Crippen molar-refractivity contribution < 1.29 is 14.6 Å². The molecule has 2 aromatic rings. The van der Waals surface area contributed by atoms with E-state index in [2.05, 4.69) is 5.32 Å². The zero-order valence-corrected chi connectivity index (χ0v) is 11.0. The molecule has 0 aliphatic carbocycles. The highest BCUT2D eigenvalue weighted by Gasteiger charge is 2.15. The van der Waals surface area contributed by atoms with E-state index in [1.165, 1.54) is 6.07 Å². The van der Waals surface area contributed by atoms with E-state index >= 15 is 0 Å². The van der Waals surface area contributed by atoms with Crippen LogP contribution >= 0.6 is 0 Å². The van der Waals surface area contributed by atoms with Crippen LogP contribution in [0.5, 0.6) is 0 Å². The first-order valence-corrected chi connectivity index (χ1v) is 6.54. The summed E-state index contributed by atoms with van der Waals surface area (Å²) < 4.78 is 13.5. The summed E-state index contributed by atoms with van der Waals surface area (Å²) in [5.74, 6) is -0.429. The van der Waals surface area contributed by atoms with E-state index in [1.807, 2.05) is 30.3 Å². The van der Waals surface area contributed by atoms with Crippen LogP contribution in [-0.4, -0.2) is 23.4 Å². The second-order valence-electron chi connectivity index (χ2n) is 4.59. The molecule has 0 aromatic heterocycles. The Kier molecular flexibility index (Phi) is 5.24. The van der Waals surface area contributed by atoms with Gasteiger partial charge in [-0.25, -0.2) is 4.39 Å². The van der Waals surface area contributed by atoms with Crippen LogP contribution in [-0.2, 0) is 0 Å². The second-order valence-corrected chi connectivity index (χ2v) is 4.59. The van der Waals surface area contributed by atoms with E-state index in [-0.39, 0.29) is 24.8 Å². The molecule has 0 saturated carbocycles. The van der Waals surface area contributed by atoms with Crippen LogP contribution in [0, 0.1) is 5.82 Å². The molecule has 2 rings (SSSR count). The fourth-order valence-electron chi connectivity index (χ4n) is 2.08. The highest BCUT2D eigenvalue weighted by Crippen LogP contribution is 2.18. The SMILES string of the molecule is OCC(NCC(O)c1ccccc1F)c1ccccc1. The Morgan fingerprint density at radius 2 is 1.65 bits per heavy atom. The van der Waals surface area contributed by atoms with Gasteiger partial charge in [-0.05, 0) is 11.6 Å². The van der Waals surface area contributed by atoms with Crippen LogP contribution in [0.15, 0.2) is 54.6 Å². The van der Waals surface area contributed by atoms with E-state index in [0.717, 1.165) is 5.56 Å². The summed E-state index contributed by atoms with van der Waals surface area (Å²) in [6.45, 7) is 0.0784. The predicted molar refractivity (Wildman–Crippen MR) is 75.6 cm³/mol. The van der Waals surface area contributed by atoms with Crippen LogP contribution < -0.4 is 5.32 Å². The summed E-state index contributed by atoms with van der Waals surface area (Å²) in [4.78, 5) is 0. The van der Waals surface area contributed by atoms with Gasteiger partial charge in [0.15, 0.2) is 0 Å². The average molecular weight is 275 g/mol. The van der Waals surface area contributed by atoms with Gasteiger partial charge in [-0.1, -0.05) is 48.5 Å². The molecule has 4 heteroatoms. The van der Waals surface area contributed by atoms with Gasteiger partial charge in [0, 0.05) is 12.1 Å². The van der Waals surface area contributed by atoms with Crippen molar-refractivity contribution in [3.8, 4) is 0 Å². The van der Waals surface area contributed by atoms with Crippen molar-refractivity contribution in [2.45, 2.75) is 12.1 Å². The first-order valence-electron chi connectivity index (χ1n) is 6.54. The number of benzene rings is 2. The molecule has 2 atom stereocenters. The standard InChI is InChI=1S/C16H18FNO2/c17-14-9-5-4-8-13(14)16(20)10-18-15(11-19)12-6-2-1-3-7-12/h1-9,15-16,18-20H,10-11H2. The first kappa shape index (κ1) is 14.7. The largest absolute Gasteiger partial charge is 0.394 e. The van der Waals surface area contributed by atoms with Crippen molar-refractivity contribution in [3.05, 3.63) is 71.5 Å². The minimum atomic E-state index is -0.950. The van der Waals surface area contributed by atoms with Crippen LogP contribution in [0.4, 0.5) is 4.39 Å². The fourth-order valence-corrected chi connectivity index (χ4v) is 2.08. The summed E-state index contributed by atoms with van der Waals surface area (Å²) in [6.07, 6.45) is -0.950. The van der Waals surface area contributed by atoms with E-state index in [0.29, 0.717) is 0 Å². The molecule has 0 aliphatic heterocycles. The predicted octanol–water partition coefficient (Wildman–Crippen LogP) is 2.18. The zero-order valence-electron chi connectivity index (χ0n) is 11.0. The molecule has 0 spiro atoms. The van der Waals surface area contributed by atoms with Crippen molar-refractivity contribution in [2.75, 3.05) is 13.2 Å². The maximum Gasteiger partial charge on any atom is 0.129 e. The van der Waals surface area contributed by atoms with Crippen molar-refractivity contribution in [1.29, 1.82) is 0 Å². The maximum absolute atomic E-state index is 13.5. The Hall–Kier alpha value is -1.75. The molecule has 3 nitrogen and oxygen atoms in total. The quantitative estimate of drug-likeness (QED) is 0.757. The number of halogens is 1. The smallest absolute Gasteiger partial charge is 0.129 e. The molecule has 0 aliphatic rings. The van der Waals surface area contributed by atoms with Gasteiger partial charge in [0.05, 0.1) is 18.8 Å². The lowest BCUT2D eigenvalue weighted by Gasteiger charge is -2.19. The van der Waals surface area contributed by atoms with E-state index in [4.69, 9.17) is 0 Å². The van der Waals surface area contributed by atoms with Crippen molar-refractivity contribution >= 4 is 0 Å². The zero-order chi connectivity index (χ0) is 14.4. The monoisotopic (exact) mass is 275 g/mol. The summed E-state index contributed by atoms with van der Waals surface area (Å²) in [6, 6.07) is 15.3. The molecule has 0 fully saturated rings. The Morgan fingerprint density at radius 1 is 1.00 bits per heavy atom. The normalized spacial score (nSPS) is 13.9. The number of nitrogens with one attached hydrogen (secondary N) is 1. The number of hydrogen-bond donors (Lipinski definition) is 3. The minimum absolute atomic E-state index is 0.0893. The molecule has 0 bridgehead atoms. The average Bonchev–Trinajstić information content (AvgIpc) is 2.49. The van der Waals surface area contributed by atoms with Gasteiger partial charge in [0.25, 0.3) is 0 Å². The highest BCUT2D eigenvalue weighted by molar-refractivity contribution is 5.21. The van der Waals surface area contributed by atoms with Crippen molar-refractivity contribution in [2.24, 2.45) is 0 Å². The number of aliphatic hydroxyl groups excluding tert-OH is 2. The van der Waals surface area contributed by atoms with E-state index in [1.54, 1.807) is 18.2 Å². The van der Waals surface area contributed by atoms with E-state index < -0.39 is 11.9 Å². The molecule has 106 valence electrons. The molecule has 0 saturated heterocycles. The summed E-state index contributed by atoms with van der Waals surface area (Å²) in [5.41, 5.74) is 1.18. The molecule has 0 radical (unpaired) electrons. The fraction of sp³-hybridized carbons (Fsp3) is 0.250. The van der Waals surface area contributed by atoms with Gasteiger partial charge >= 0.3 is 0 Å². The first-order chi connectivity index (χ1) is 9.72. The van der Waals surface area contributed by atoms with Crippen LogP contribution in [0.25, 0.3) is 0 Å².